The molecule has 9 heteroatoms. The number of hydrogen-bond donors (Lipinski definition) is 1. The zero-order valence-electron chi connectivity index (χ0n) is 19.3. The van der Waals surface area contributed by atoms with Crippen molar-refractivity contribution >= 4 is 21.8 Å². The van der Waals surface area contributed by atoms with E-state index in [1.54, 1.807) is 4.68 Å². The zero-order valence-corrected chi connectivity index (χ0v) is 20.9. The molecule has 2 heterocycles. The summed E-state index contributed by atoms with van der Waals surface area (Å²) < 4.78 is 37.2. The standard InChI is InChI=1S/C25H27BrF2N4O2/c1-24(2,3)20(25(23(29)33)10-5-11-34-25)22-30-21(18-13-17(27)8-9-19(18)28)31-32(22)14-15-6-4-7-16(26)12-15/h4,6-9,12-13,20H,5,10-11,14H2,1-3H3,(H2,29,33)/t20-,25?/m0/s1. The molecule has 0 aliphatic carbocycles. The van der Waals surface area contributed by atoms with Gasteiger partial charge in [-0.25, -0.2) is 18.4 Å². The number of rotatable bonds is 6. The number of carbonyl (C=O) groups is 1. The molecule has 1 saturated heterocycles. The van der Waals surface area contributed by atoms with Crippen LogP contribution in [0.15, 0.2) is 46.9 Å². The molecule has 2 atom stereocenters. The number of primary amides is 1. The minimum Gasteiger partial charge on any atom is -0.367 e. The quantitative estimate of drug-likeness (QED) is 0.473. The molecule has 1 aliphatic heterocycles. The first-order valence-electron chi connectivity index (χ1n) is 11.1. The van der Waals surface area contributed by atoms with Crippen LogP contribution in [0.5, 0.6) is 0 Å². The molecule has 0 spiro atoms. The Balaban J connectivity index is 1.93. The van der Waals surface area contributed by atoms with E-state index in [0.717, 1.165) is 28.2 Å². The average molecular weight is 533 g/mol. The first-order chi connectivity index (χ1) is 16.0. The normalized spacial score (nSPS) is 19.4. The van der Waals surface area contributed by atoms with Crippen molar-refractivity contribution in [1.29, 1.82) is 0 Å². The molecule has 1 amide bonds. The van der Waals surface area contributed by atoms with Crippen molar-refractivity contribution in [2.24, 2.45) is 11.1 Å². The number of hydrogen-bond acceptors (Lipinski definition) is 4. The van der Waals surface area contributed by atoms with E-state index in [2.05, 4.69) is 26.0 Å². The number of nitrogens with zero attached hydrogens (tertiary/aromatic N) is 3. The number of aromatic nitrogens is 3. The molecule has 6 nitrogen and oxygen atoms in total. The molecule has 2 aromatic carbocycles. The van der Waals surface area contributed by atoms with Crippen LogP contribution in [0.2, 0.25) is 0 Å². The van der Waals surface area contributed by atoms with Gasteiger partial charge in [-0.3, -0.25) is 4.79 Å². The Hall–Kier alpha value is -2.65. The second-order valence-electron chi connectivity index (χ2n) is 9.71. The highest BCUT2D eigenvalue weighted by atomic mass is 79.9. The maximum absolute atomic E-state index is 14.7. The lowest BCUT2D eigenvalue weighted by Gasteiger charge is -2.41. The third kappa shape index (κ3) is 4.63. The van der Waals surface area contributed by atoms with Gasteiger partial charge in [0, 0.05) is 11.1 Å². The molecule has 1 unspecified atom stereocenters. The third-order valence-electron chi connectivity index (χ3n) is 6.15. The van der Waals surface area contributed by atoms with Crippen molar-refractivity contribution in [3.05, 3.63) is 70.0 Å². The Kier molecular flexibility index (Phi) is 6.61. The SMILES string of the molecule is CC(C)(C)[C@H](c1nc(-c2cc(F)ccc2F)nn1Cc1cccc(Br)c1)C1(C(N)=O)CCCO1. The average Bonchev–Trinajstić information content (AvgIpc) is 3.38. The largest absolute Gasteiger partial charge is 0.367 e. The van der Waals surface area contributed by atoms with Crippen LogP contribution in [0.25, 0.3) is 11.4 Å². The highest BCUT2D eigenvalue weighted by Crippen LogP contribution is 2.49. The van der Waals surface area contributed by atoms with Gasteiger partial charge in [-0.1, -0.05) is 48.8 Å². The van der Waals surface area contributed by atoms with E-state index in [4.69, 9.17) is 10.5 Å². The van der Waals surface area contributed by atoms with Gasteiger partial charge in [-0.2, -0.15) is 5.10 Å². The topological polar surface area (TPSA) is 83.0 Å². The van der Waals surface area contributed by atoms with Gasteiger partial charge in [-0.15, -0.1) is 0 Å². The zero-order chi connectivity index (χ0) is 24.7. The van der Waals surface area contributed by atoms with Gasteiger partial charge >= 0.3 is 0 Å². The monoisotopic (exact) mass is 532 g/mol. The lowest BCUT2D eigenvalue weighted by atomic mass is 9.68. The van der Waals surface area contributed by atoms with Crippen molar-refractivity contribution in [2.45, 2.75) is 51.7 Å². The van der Waals surface area contributed by atoms with E-state index in [-0.39, 0.29) is 11.4 Å². The highest BCUT2D eigenvalue weighted by molar-refractivity contribution is 9.10. The Morgan fingerprint density at radius 1 is 1.26 bits per heavy atom. The van der Waals surface area contributed by atoms with Crippen molar-refractivity contribution < 1.29 is 18.3 Å². The molecule has 0 bridgehead atoms. The van der Waals surface area contributed by atoms with Crippen LogP contribution in [0, 0.1) is 17.0 Å². The molecule has 2 N–H and O–H groups in total. The van der Waals surface area contributed by atoms with Gasteiger partial charge in [0.15, 0.2) is 11.4 Å². The van der Waals surface area contributed by atoms with E-state index in [9.17, 15) is 13.6 Å². The Labute approximate surface area is 205 Å². The fraction of sp³-hybridized carbons (Fsp3) is 0.400. The summed E-state index contributed by atoms with van der Waals surface area (Å²) in [7, 11) is 0. The maximum Gasteiger partial charge on any atom is 0.250 e. The minimum absolute atomic E-state index is 0.0360. The fourth-order valence-electron chi connectivity index (χ4n) is 4.80. The second kappa shape index (κ2) is 9.19. The van der Waals surface area contributed by atoms with E-state index >= 15 is 0 Å². The minimum atomic E-state index is -1.28. The third-order valence-corrected chi connectivity index (χ3v) is 6.64. The predicted molar refractivity (Wildman–Crippen MR) is 128 cm³/mol. The van der Waals surface area contributed by atoms with E-state index < -0.39 is 34.5 Å². The molecule has 0 radical (unpaired) electrons. The summed E-state index contributed by atoms with van der Waals surface area (Å²) in [5, 5.41) is 4.58. The first-order valence-corrected chi connectivity index (χ1v) is 11.9. The summed E-state index contributed by atoms with van der Waals surface area (Å²) in [5.41, 5.74) is 4.98. The molecule has 0 saturated carbocycles. The number of nitrogens with two attached hydrogens (primary N) is 1. The first kappa shape index (κ1) is 24.5. The van der Waals surface area contributed by atoms with Crippen LogP contribution in [-0.2, 0) is 16.1 Å². The van der Waals surface area contributed by atoms with Gasteiger partial charge in [0.1, 0.15) is 17.5 Å². The van der Waals surface area contributed by atoms with Crippen LogP contribution in [0.1, 0.15) is 50.9 Å². The van der Waals surface area contributed by atoms with Crippen LogP contribution >= 0.6 is 15.9 Å². The predicted octanol–water partition coefficient (Wildman–Crippen LogP) is 5.20. The molecule has 1 aromatic heterocycles. The molecule has 180 valence electrons. The van der Waals surface area contributed by atoms with Crippen LogP contribution in [0.4, 0.5) is 8.78 Å². The summed E-state index contributed by atoms with van der Waals surface area (Å²) >= 11 is 3.48. The number of ether oxygens (including phenoxy) is 1. The smallest absolute Gasteiger partial charge is 0.250 e. The molecule has 4 rings (SSSR count). The summed E-state index contributed by atoms with van der Waals surface area (Å²) in [6, 6.07) is 10.8. The van der Waals surface area contributed by atoms with Crippen molar-refractivity contribution in [3.8, 4) is 11.4 Å². The van der Waals surface area contributed by atoms with Gasteiger partial charge in [0.25, 0.3) is 0 Å². The van der Waals surface area contributed by atoms with Gasteiger partial charge in [-0.05, 0) is 54.2 Å². The van der Waals surface area contributed by atoms with Crippen molar-refractivity contribution in [2.75, 3.05) is 6.61 Å². The maximum atomic E-state index is 14.7. The van der Waals surface area contributed by atoms with Gasteiger partial charge in [0.2, 0.25) is 5.91 Å². The molecule has 1 fully saturated rings. The van der Waals surface area contributed by atoms with Gasteiger partial charge in [0.05, 0.1) is 18.0 Å². The fourth-order valence-corrected chi connectivity index (χ4v) is 5.24. The number of amides is 1. The summed E-state index contributed by atoms with van der Waals surface area (Å²) in [4.78, 5) is 17.5. The Bertz CT molecular complexity index is 1220. The molecule has 3 aromatic rings. The number of halogens is 3. The van der Waals surface area contributed by atoms with E-state index in [0.29, 0.717) is 31.8 Å². The van der Waals surface area contributed by atoms with Crippen molar-refractivity contribution in [3.63, 3.8) is 0 Å². The Morgan fingerprint density at radius 3 is 2.65 bits per heavy atom. The molecule has 34 heavy (non-hydrogen) atoms. The molecule has 1 aliphatic rings. The van der Waals surface area contributed by atoms with Crippen molar-refractivity contribution in [1.82, 2.24) is 14.8 Å². The summed E-state index contributed by atoms with van der Waals surface area (Å²) in [6.45, 7) is 6.64. The van der Waals surface area contributed by atoms with E-state index in [1.807, 2.05) is 45.0 Å². The molecular formula is C25H27BrF2N4O2. The Morgan fingerprint density at radius 2 is 2.03 bits per heavy atom. The number of benzene rings is 2. The van der Waals surface area contributed by atoms with Crippen LogP contribution in [-0.4, -0.2) is 32.9 Å². The van der Waals surface area contributed by atoms with Gasteiger partial charge < -0.3 is 10.5 Å². The van der Waals surface area contributed by atoms with Crippen LogP contribution in [0.3, 0.4) is 0 Å². The number of carbonyl (C=O) groups excluding carboxylic acids is 1. The second-order valence-corrected chi connectivity index (χ2v) is 10.6. The lowest BCUT2D eigenvalue weighted by molar-refractivity contribution is -0.145. The summed E-state index contributed by atoms with van der Waals surface area (Å²) in [5.74, 6) is -1.91. The van der Waals surface area contributed by atoms with Crippen LogP contribution < -0.4 is 5.73 Å². The van der Waals surface area contributed by atoms with E-state index in [1.165, 1.54) is 0 Å². The summed E-state index contributed by atoms with van der Waals surface area (Å²) in [6.07, 6.45) is 1.12. The molecular weight excluding hydrogens is 506 g/mol. The highest BCUT2D eigenvalue weighted by Gasteiger charge is 2.55. The lowest BCUT2D eigenvalue weighted by Crippen LogP contribution is -2.53.